The summed E-state index contributed by atoms with van der Waals surface area (Å²) >= 11 is 1.22. The third kappa shape index (κ3) is 5.30. The number of phenols is 1. The molecule has 1 aliphatic rings. The smallest absolute Gasteiger partial charge is 0.335 e. The van der Waals surface area contributed by atoms with Gasteiger partial charge in [-0.05, 0) is 65.4 Å². The number of benzene rings is 3. The molecule has 0 bridgehead atoms. The van der Waals surface area contributed by atoms with Crippen LogP contribution in [0.5, 0.6) is 17.2 Å². The van der Waals surface area contributed by atoms with E-state index in [1.54, 1.807) is 35.2 Å². The van der Waals surface area contributed by atoms with Gasteiger partial charge in [0.05, 0.1) is 36.9 Å². The molecular formula is C26H22N2O6S. The Balaban J connectivity index is 1.71. The van der Waals surface area contributed by atoms with E-state index >= 15 is 0 Å². The molecule has 3 aromatic rings. The number of hydrogen-bond donors (Lipinski definition) is 2. The predicted molar refractivity (Wildman–Crippen MR) is 134 cm³/mol. The fourth-order valence-electron chi connectivity index (χ4n) is 3.43. The van der Waals surface area contributed by atoms with Gasteiger partial charge >= 0.3 is 5.97 Å². The molecule has 1 fully saturated rings. The summed E-state index contributed by atoms with van der Waals surface area (Å²) in [5.74, 6) is -0.945. The molecule has 8 nitrogen and oxygen atoms in total. The number of aromatic hydroxyl groups is 1. The van der Waals surface area contributed by atoms with Crippen LogP contribution in [0.4, 0.5) is 5.69 Å². The molecule has 3 aromatic carbocycles. The lowest BCUT2D eigenvalue weighted by Crippen LogP contribution is -2.28. The number of para-hydroxylation sites is 1. The zero-order valence-corrected chi connectivity index (χ0v) is 19.8. The summed E-state index contributed by atoms with van der Waals surface area (Å²) in [6.07, 6.45) is 1.69. The average molecular weight is 491 g/mol. The van der Waals surface area contributed by atoms with Crippen molar-refractivity contribution in [1.82, 2.24) is 4.90 Å². The number of carbonyl (C=O) groups excluding carboxylic acids is 1. The van der Waals surface area contributed by atoms with E-state index in [4.69, 9.17) is 14.6 Å². The van der Waals surface area contributed by atoms with Crippen LogP contribution in [-0.4, -0.2) is 46.4 Å². The Kier molecular flexibility index (Phi) is 7.07. The minimum atomic E-state index is -1.01. The van der Waals surface area contributed by atoms with Crippen LogP contribution < -0.4 is 9.47 Å². The molecule has 0 aliphatic carbocycles. The SMILES string of the molecule is COc1cc(/C=C2\SC(=Nc3ccccc3)N(Cc3ccc(C(=O)O)cc3)C2=O)cc(OC)c1O. The highest BCUT2D eigenvalue weighted by atomic mass is 32.2. The Morgan fingerprint density at radius 1 is 1.03 bits per heavy atom. The van der Waals surface area contributed by atoms with Gasteiger partial charge in [0.1, 0.15) is 0 Å². The first kappa shape index (κ1) is 23.9. The number of ether oxygens (including phenoxy) is 2. The standard InChI is InChI=1S/C26H22N2O6S/c1-33-20-12-17(13-21(34-2)23(20)29)14-22-24(30)28(15-16-8-10-18(11-9-16)25(31)32)26(35-22)27-19-6-4-3-5-7-19/h3-14,29H,15H2,1-2H3,(H,31,32)/b22-14-,27-26?. The van der Waals surface area contributed by atoms with E-state index in [0.29, 0.717) is 21.3 Å². The molecule has 0 spiro atoms. The van der Waals surface area contributed by atoms with Gasteiger partial charge in [0.25, 0.3) is 5.91 Å². The van der Waals surface area contributed by atoms with Crippen molar-refractivity contribution >= 4 is 40.6 Å². The van der Waals surface area contributed by atoms with Crippen molar-refractivity contribution in [1.29, 1.82) is 0 Å². The number of amides is 1. The highest BCUT2D eigenvalue weighted by Gasteiger charge is 2.33. The summed E-state index contributed by atoms with van der Waals surface area (Å²) in [5.41, 5.74) is 2.24. The van der Waals surface area contributed by atoms with Crippen molar-refractivity contribution in [2.24, 2.45) is 4.99 Å². The third-order valence-corrected chi connectivity index (χ3v) is 6.22. The van der Waals surface area contributed by atoms with E-state index in [9.17, 15) is 14.7 Å². The van der Waals surface area contributed by atoms with Gasteiger partial charge in [-0.2, -0.15) is 0 Å². The number of aromatic carboxylic acids is 1. The molecule has 35 heavy (non-hydrogen) atoms. The highest BCUT2D eigenvalue weighted by Crippen LogP contribution is 2.40. The van der Waals surface area contributed by atoms with Crippen LogP contribution in [0.3, 0.4) is 0 Å². The summed E-state index contributed by atoms with van der Waals surface area (Å²) in [7, 11) is 2.87. The molecule has 178 valence electrons. The summed E-state index contributed by atoms with van der Waals surface area (Å²) in [6.45, 7) is 0.219. The predicted octanol–water partition coefficient (Wildman–Crippen LogP) is 4.91. The Morgan fingerprint density at radius 2 is 1.66 bits per heavy atom. The number of nitrogens with zero attached hydrogens (tertiary/aromatic N) is 2. The number of carbonyl (C=O) groups is 2. The number of phenolic OH excluding ortho intramolecular Hbond substituents is 1. The van der Waals surface area contributed by atoms with E-state index < -0.39 is 5.97 Å². The molecular weight excluding hydrogens is 468 g/mol. The average Bonchev–Trinajstić information content (AvgIpc) is 3.14. The maximum Gasteiger partial charge on any atom is 0.335 e. The largest absolute Gasteiger partial charge is 0.502 e. The van der Waals surface area contributed by atoms with Crippen molar-refractivity contribution in [2.75, 3.05) is 14.2 Å². The number of rotatable bonds is 7. The fraction of sp³-hybridized carbons (Fsp3) is 0.115. The van der Waals surface area contributed by atoms with Crippen molar-refractivity contribution < 1.29 is 29.3 Å². The van der Waals surface area contributed by atoms with E-state index in [2.05, 4.69) is 4.99 Å². The Morgan fingerprint density at radius 3 is 2.23 bits per heavy atom. The van der Waals surface area contributed by atoms with Crippen molar-refractivity contribution in [3.8, 4) is 17.2 Å². The molecule has 0 radical (unpaired) electrons. The van der Waals surface area contributed by atoms with E-state index in [-0.39, 0.29) is 35.3 Å². The number of methoxy groups -OCH3 is 2. The van der Waals surface area contributed by atoms with Crippen LogP contribution in [0.15, 0.2) is 76.6 Å². The number of aliphatic imine (C=N–C) groups is 1. The molecule has 4 rings (SSSR count). The molecule has 0 saturated carbocycles. The van der Waals surface area contributed by atoms with Crippen LogP contribution >= 0.6 is 11.8 Å². The van der Waals surface area contributed by atoms with Crippen LogP contribution in [0, 0.1) is 0 Å². The second-order valence-corrected chi connectivity index (χ2v) is 8.52. The number of amidine groups is 1. The molecule has 2 N–H and O–H groups in total. The zero-order chi connectivity index (χ0) is 24.9. The van der Waals surface area contributed by atoms with Gasteiger partial charge in [-0.15, -0.1) is 0 Å². The summed E-state index contributed by atoms with van der Waals surface area (Å²) < 4.78 is 10.4. The van der Waals surface area contributed by atoms with Crippen LogP contribution in [0.2, 0.25) is 0 Å². The lowest BCUT2D eigenvalue weighted by Gasteiger charge is -2.16. The normalized spacial score (nSPS) is 15.6. The topological polar surface area (TPSA) is 109 Å². The highest BCUT2D eigenvalue weighted by molar-refractivity contribution is 8.18. The van der Waals surface area contributed by atoms with Crippen molar-refractivity contribution in [3.63, 3.8) is 0 Å². The summed E-state index contributed by atoms with van der Waals surface area (Å²) in [6, 6.07) is 18.9. The first-order valence-electron chi connectivity index (χ1n) is 10.5. The van der Waals surface area contributed by atoms with E-state index in [1.165, 1.54) is 38.1 Å². The van der Waals surface area contributed by atoms with Crippen molar-refractivity contribution in [3.05, 3.63) is 88.3 Å². The van der Waals surface area contributed by atoms with Crippen LogP contribution in [0.25, 0.3) is 6.08 Å². The second-order valence-electron chi connectivity index (χ2n) is 7.51. The number of carboxylic acid groups (broad SMARTS) is 1. The first-order valence-corrected chi connectivity index (χ1v) is 11.3. The summed E-state index contributed by atoms with van der Waals surface area (Å²) in [5, 5.41) is 19.8. The Hall–Kier alpha value is -4.24. The van der Waals surface area contributed by atoms with E-state index in [0.717, 1.165) is 5.56 Å². The molecule has 1 aliphatic heterocycles. The molecule has 1 amide bonds. The molecule has 9 heteroatoms. The van der Waals surface area contributed by atoms with Gasteiger partial charge in [-0.25, -0.2) is 9.79 Å². The minimum absolute atomic E-state index is 0.125. The minimum Gasteiger partial charge on any atom is -0.502 e. The lowest BCUT2D eigenvalue weighted by molar-refractivity contribution is -0.122. The monoisotopic (exact) mass is 490 g/mol. The van der Waals surface area contributed by atoms with Gasteiger partial charge < -0.3 is 19.7 Å². The molecule has 1 heterocycles. The molecule has 0 aromatic heterocycles. The fourth-order valence-corrected chi connectivity index (χ4v) is 4.43. The van der Waals surface area contributed by atoms with Gasteiger partial charge in [-0.3, -0.25) is 9.69 Å². The first-order chi connectivity index (χ1) is 16.9. The lowest BCUT2D eigenvalue weighted by atomic mass is 10.1. The van der Waals surface area contributed by atoms with Crippen molar-refractivity contribution in [2.45, 2.75) is 6.54 Å². The number of thioether (sulfide) groups is 1. The van der Waals surface area contributed by atoms with Gasteiger partial charge in [0.15, 0.2) is 16.7 Å². The maximum atomic E-state index is 13.4. The number of hydrogen-bond acceptors (Lipinski definition) is 7. The molecule has 1 saturated heterocycles. The van der Waals surface area contributed by atoms with Gasteiger partial charge in [0, 0.05) is 0 Å². The van der Waals surface area contributed by atoms with Gasteiger partial charge in [0.2, 0.25) is 5.75 Å². The van der Waals surface area contributed by atoms with Gasteiger partial charge in [-0.1, -0.05) is 30.3 Å². The second kappa shape index (κ2) is 10.4. The Labute approximate surface area is 206 Å². The maximum absolute atomic E-state index is 13.4. The van der Waals surface area contributed by atoms with E-state index in [1.807, 2.05) is 30.3 Å². The number of carboxylic acids is 1. The van der Waals surface area contributed by atoms with Crippen LogP contribution in [-0.2, 0) is 11.3 Å². The zero-order valence-electron chi connectivity index (χ0n) is 19.0. The molecule has 0 unspecified atom stereocenters. The van der Waals surface area contributed by atoms with Crippen LogP contribution in [0.1, 0.15) is 21.5 Å². The quantitative estimate of drug-likeness (QED) is 0.453. The summed E-state index contributed by atoms with van der Waals surface area (Å²) in [4.78, 5) is 31.2. The third-order valence-electron chi connectivity index (χ3n) is 5.21. The Bertz CT molecular complexity index is 1290. The molecule has 0 atom stereocenters.